The molecule has 0 bridgehead atoms. The second kappa shape index (κ2) is 9.12. The van der Waals surface area contributed by atoms with Crippen LogP contribution in [-0.4, -0.2) is 42.6 Å². The number of ether oxygens (including phenoxy) is 4. The van der Waals surface area contributed by atoms with E-state index < -0.39 is 11.9 Å². The van der Waals surface area contributed by atoms with Crippen LogP contribution in [-0.2, 0) is 28.5 Å². The quantitative estimate of drug-likeness (QED) is 0.351. The van der Waals surface area contributed by atoms with Crippen molar-refractivity contribution < 1.29 is 28.5 Å². The third-order valence-electron chi connectivity index (χ3n) is 2.05. The van der Waals surface area contributed by atoms with Gasteiger partial charge in [-0.15, -0.1) is 0 Å². The second-order valence-corrected chi connectivity index (χ2v) is 5.72. The van der Waals surface area contributed by atoms with Gasteiger partial charge in [-0.1, -0.05) is 0 Å². The summed E-state index contributed by atoms with van der Waals surface area (Å²) in [5.41, 5.74) is 0. The summed E-state index contributed by atoms with van der Waals surface area (Å²) in [6, 6.07) is 0. The van der Waals surface area contributed by atoms with Crippen LogP contribution in [0.4, 0.5) is 0 Å². The Labute approximate surface area is 127 Å². The molecule has 124 valence electrons. The van der Waals surface area contributed by atoms with Crippen molar-refractivity contribution in [3.63, 3.8) is 0 Å². The Bertz CT molecular complexity index is 309. The Morgan fingerprint density at radius 1 is 0.857 bits per heavy atom. The topological polar surface area (TPSA) is 71.1 Å². The van der Waals surface area contributed by atoms with Gasteiger partial charge in [0, 0.05) is 0 Å². The van der Waals surface area contributed by atoms with E-state index in [-0.39, 0.29) is 37.1 Å². The van der Waals surface area contributed by atoms with Gasteiger partial charge in [-0.2, -0.15) is 0 Å². The van der Waals surface area contributed by atoms with E-state index in [0.717, 1.165) is 0 Å². The number of carbonyl (C=O) groups is 2. The third-order valence-corrected chi connectivity index (χ3v) is 2.05. The molecule has 0 aliphatic heterocycles. The van der Waals surface area contributed by atoms with Gasteiger partial charge in [0.25, 0.3) is 0 Å². The van der Waals surface area contributed by atoms with E-state index in [4.69, 9.17) is 18.9 Å². The maximum atomic E-state index is 11.5. The Balaban J connectivity index is 4.96. The highest BCUT2D eigenvalue weighted by Crippen LogP contribution is 2.23. The molecular weight excluding hydrogens is 276 g/mol. The molecule has 0 heterocycles. The van der Waals surface area contributed by atoms with Crippen molar-refractivity contribution in [3.05, 3.63) is 0 Å². The van der Waals surface area contributed by atoms with E-state index in [0.29, 0.717) is 0 Å². The molecule has 0 amide bonds. The number of carbonyl (C=O) groups excluding carboxylic acids is 2. The van der Waals surface area contributed by atoms with Gasteiger partial charge in [0.15, 0.2) is 6.61 Å². The maximum Gasteiger partial charge on any atom is 0.320 e. The van der Waals surface area contributed by atoms with Crippen LogP contribution < -0.4 is 0 Å². The summed E-state index contributed by atoms with van der Waals surface area (Å²) < 4.78 is 22.2. The highest BCUT2D eigenvalue weighted by atomic mass is 16.9. The van der Waals surface area contributed by atoms with Gasteiger partial charge >= 0.3 is 11.9 Å². The molecule has 21 heavy (non-hydrogen) atoms. The highest BCUT2D eigenvalue weighted by molar-refractivity contribution is 5.94. The van der Waals surface area contributed by atoms with E-state index in [1.54, 1.807) is 0 Å². The van der Waals surface area contributed by atoms with Crippen molar-refractivity contribution >= 4 is 11.8 Å². The van der Waals surface area contributed by atoms with Crippen LogP contribution >= 0.6 is 0 Å². The van der Waals surface area contributed by atoms with E-state index >= 15 is 0 Å². The second-order valence-electron chi connectivity index (χ2n) is 5.72. The first-order chi connectivity index (χ1) is 9.56. The average Bonchev–Trinajstić information content (AvgIpc) is 2.22. The Morgan fingerprint density at radius 2 is 1.24 bits per heavy atom. The lowest BCUT2D eigenvalue weighted by Crippen LogP contribution is -2.49. The molecule has 0 aromatic heterocycles. The minimum Gasteiger partial charge on any atom is -0.457 e. The number of hydrogen-bond donors (Lipinski definition) is 0. The van der Waals surface area contributed by atoms with Crippen LogP contribution in [0.5, 0.6) is 0 Å². The van der Waals surface area contributed by atoms with Gasteiger partial charge in [-0.25, -0.2) is 0 Å². The van der Waals surface area contributed by atoms with E-state index in [9.17, 15) is 9.59 Å². The molecule has 0 unspecified atom stereocenters. The fourth-order valence-electron chi connectivity index (χ4n) is 1.69. The molecule has 0 rings (SSSR count). The van der Waals surface area contributed by atoms with Gasteiger partial charge in [-0.05, 0) is 48.5 Å². The Kier molecular flexibility index (Phi) is 8.70. The molecule has 0 atom stereocenters. The molecule has 0 radical (unpaired) electrons. The maximum absolute atomic E-state index is 11.5. The molecule has 6 nitrogen and oxygen atoms in total. The van der Waals surface area contributed by atoms with E-state index in [1.165, 1.54) is 6.92 Å². The molecule has 0 spiro atoms. The minimum atomic E-state index is -1.47. The first-order valence-corrected chi connectivity index (χ1v) is 7.25. The summed E-state index contributed by atoms with van der Waals surface area (Å²) in [5.74, 6) is -2.35. The van der Waals surface area contributed by atoms with Crippen molar-refractivity contribution in [2.45, 2.75) is 79.2 Å². The molecular formula is C15H28O6. The number of ketones is 1. The van der Waals surface area contributed by atoms with Crippen LogP contribution in [0.1, 0.15) is 54.9 Å². The number of hydrogen-bond acceptors (Lipinski definition) is 6. The van der Waals surface area contributed by atoms with Gasteiger partial charge in [0.05, 0.1) is 18.3 Å². The number of Topliss-reactive ketones (excluding diaryl/α,β-unsaturated/α-hetero) is 1. The first-order valence-electron chi connectivity index (χ1n) is 7.25. The van der Waals surface area contributed by atoms with E-state index in [1.807, 2.05) is 41.5 Å². The summed E-state index contributed by atoms with van der Waals surface area (Å²) in [5, 5.41) is 0. The predicted molar refractivity (Wildman–Crippen MR) is 77.7 cm³/mol. The Hall–Kier alpha value is -0.980. The first kappa shape index (κ1) is 20.0. The van der Waals surface area contributed by atoms with Crippen LogP contribution in [0.3, 0.4) is 0 Å². The molecule has 0 N–H and O–H groups in total. The molecule has 0 saturated heterocycles. The lowest BCUT2D eigenvalue weighted by Gasteiger charge is -2.36. The lowest BCUT2D eigenvalue weighted by molar-refractivity contribution is -0.418. The number of esters is 1. The average molecular weight is 304 g/mol. The zero-order valence-corrected chi connectivity index (χ0v) is 14.1. The summed E-state index contributed by atoms with van der Waals surface area (Å²) in [6.07, 6.45) is -0.835. The van der Waals surface area contributed by atoms with Gasteiger partial charge < -0.3 is 18.9 Å². The van der Waals surface area contributed by atoms with Gasteiger partial charge in [0.1, 0.15) is 12.2 Å². The SMILES string of the molecule is CC(=O)CC(=O)OCC(OC(C)C)(OC(C)C)OC(C)C. The minimum absolute atomic E-state index is 0.186. The zero-order chi connectivity index (χ0) is 16.6. The lowest BCUT2D eigenvalue weighted by atomic mass is 10.3. The highest BCUT2D eigenvalue weighted by Gasteiger charge is 2.39. The smallest absolute Gasteiger partial charge is 0.320 e. The normalized spacial score (nSPS) is 12.3. The monoisotopic (exact) mass is 304 g/mol. The fourth-order valence-corrected chi connectivity index (χ4v) is 1.69. The zero-order valence-electron chi connectivity index (χ0n) is 14.1. The van der Waals surface area contributed by atoms with E-state index in [2.05, 4.69) is 0 Å². The summed E-state index contributed by atoms with van der Waals surface area (Å²) in [7, 11) is 0. The summed E-state index contributed by atoms with van der Waals surface area (Å²) in [6.45, 7) is 12.1. The van der Waals surface area contributed by atoms with Crippen molar-refractivity contribution in [1.82, 2.24) is 0 Å². The van der Waals surface area contributed by atoms with Crippen LogP contribution in [0.15, 0.2) is 0 Å². The molecule has 0 aromatic rings. The predicted octanol–water partition coefficient (Wildman–Crippen LogP) is 2.44. The van der Waals surface area contributed by atoms with Gasteiger partial charge in [0.2, 0.25) is 0 Å². The third kappa shape index (κ3) is 9.55. The van der Waals surface area contributed by atoms with Crippen molar-refractivity contribution in [3.8, 4) is 0 Å². The van der Waals surface area contributed by atoms with Crippen LogP contribution in [0, 0.1) is 0 Å². The summed E-state index contributed by atoms with van der Waals surface area (Å²) >= 11 is 0. The molecule has 0 fully saturated rings. The van der Waals surface area contributed by atoms with Crippen molar-refractivity contribution in [2.24, 2.45) is 0 Å². The summed E-state index contributed by atoms with van der Waals surface area (Å²) in [4.78, 5) is 22.5. The van der Waals surface area contributed by atoms with Crippen molar-refractivity contribution in [1.29, 1.82) is 0 Å². The van der Waals surface area contributed by atoms with Crippen LogP contribution in [0.25, 0.3) is 0 Å². The molecule has 0 aliphatic rings. The molecule has 6 heteroatoms. The molecule has 0 aliphatic carbocycles. The molecule has 0 saturated carbocycles. The van der Waals surface area contributed by atoms with Gasteiger partial charge in [-0.3, -0.25) is 9.59 Å². The largest absolute Gasteiger partial charge is 0.457 e. The van der Waals surface area contributed by atoms with Crippen molar-refractivity contribution in [2.75, 3.05) is 6.61 Å². The standard InChI is InChI=1S/C15H28O6/c1-10(2)19-15(20-11(3)4,21-12(5)6)9-18-14(17)8-13(7)16/h10-12H,8-9H2,1-7H3. The fraction of sp³-hybridized carbons (Fsp3) is 0.867. The Morgan fingerprint density at radius 3 is 1.52 bits per heavy atom. The molecule has 0 aromatic carbocycles. The van der Waals surface area contributed by atoms with Crippen LogP contribution in [0.2, 0.25) is 0 Å². The number of rotatable bonds is 10.